The second-order valence-electron chi connectivity index (χ2n) is 7.74. The Kier molecular flexibility index (Phi) is 5.43. The van der Waals surface area contributed by atoms with Gasteiger partial charge in [-0.3, -0.25) is 4.79 Å². The Morgan fingerprint density at radius 1 is 1.25 bits per heavy atom. The Balaban J connectivity index is 1.81. The van der Waals surface area contributed by atoms with E-state index in [-0.39, 0.29) is 17.4 Å². The van der Waals surface area contributed by atoms with E-state index in [1.807, 2.05) is 12.1 Å². The number of carbonyl (C=O) groups excluding carboxylic acids is 2. The third kappa shape index (κ3) is 3.87. The summed E-state index contributed by atoms with van der Waals surface area (Å²) in [6.45, 7) is 7.24. The Morgan fingerprint density at radius 2 is 1.93 bits per heavy atom. The SMILES string of the molecule is COC(=O)N1CCc2c(sc(NC(=O)c3ccc(C(C)(C)C)cc3)c2C#N)C1. The molecule has 0 unspecified atom stereocenters. The van der Waals surface area contributed by atoms with Gasteiger partial charge in [-0.25, -0.2) is 4.79 Å². The van der Waals surface area contributed by atoms with Crippen molar-refractivity contribution >= 4 is 28.3 Å². The molecule has 1 aromatic heterocycles. The number of ether oxygens (including phenoxy) is 1. The maximum atomic E-state index is 12.7. The van der Waals surface area contributed by atoms with E-state index in [9.17, 15) is 14.9 Å². The molecule has 0 saturated carbocycles. The topological polar surface area (TPSA) is 82.4 Å². The first-order valence-corrected chi connectivity index (χ1v) is 9.85. The first kappa shape index (κ1) is 19.9. The largest absolute Gasteiger partial charge is 0.453 e. The van der Waals surface area contributed by atoms with Crippen molar-refractivity contribution < 1.29 is 14.3 Å². The predicted octanol–water partition coefficient (Wildman–Crippen LogP) is 4.29. The van der Waals surface area contributed by atoms with Crippen molar-refractivity contribution in [2.75, 3.05) is 19.0 Å². The number of anilines is 1. The quantitative estimate of drug-likeness (QED) is 0.819. The number of fused-ring (bicyclic) bond motifs is 1. The second kappa shape index (κ2) is 7.64. The predicted molar refractivity (Wildman–Crippen MR) is 109 cm³/mol. The fourth-order valence-corrected chi connectivity index (χ4v) is 4.40. The molecule has 0 radical (unpaired) electrons. The molecular weight excluding hydrogens is 374 g/mol. The molecule has 0 spiro atoms. The molecule has 0 aliphatic carbocycles. The standard InChI is InChI=1S/C21H23N3O3S/c1-21(2,3)14-7-5-13(6-8-14)18(25)23-19-16(11-22)15-9-10-24(20(26)27-4)12-17(15)28-19/h5-8H,9-10,12H2,1-4H3,(H,23,25). The van der Waals surface area contributed by atoms with Crippen molar-refractivity contribution in [2.24, 2.45) is 0 Å². The number of hydrogen-bond acceptors (Lipinski definition) is 5. The van der Waals surface area contributed by atoms with Crippen LogP contribution in [0.15, 0.2) is 24.3 Å². The van der Waals surface area contributed by atoms with Gasteiger partial charge in [0.15, 0.2) is 0 Å². The summed E-state index contributed by atoms with van der Waals surface area (Å²) in [4.78, 5) is 27.0. The Morgan fingerprint density at radius 3 is 2.50 bits per heavy atom. The van der Waals surface area contributed by atoms with Crippen LogP contribution in [0.4, 0.5) is 9.80 Å². The van der Waals surface area contributed by atoms with Crippen LogP contribution in [0.5, 0.6) is 0 Å². The minimum Gasteiger partial charge on any atom is -0.453 e. The van der Waals surface area contributed by atoms with Crippen LogP contribution >= 0.6 is 11.3 Å². The van der Waals surface area contributed by atoms with Crippen LogP contribution in [0.2, 0.25) is 0 Å². The minimum absolute atomic E-state index is 0.0152. The Hall–Kier alpha value is -2.85. The van der Waals surface area contributed by atoms with Crippen LogP contribution in [0.3, 0.4) is 0 Å². The molecule has 7 heteroatoms. The molecule has 1 N–H and O–H groups in total. The number of methoxy groups -OCH3 is 1. The third-order valence-corrected chi connectivity index (χ3v) is 5.97. The summed E-state index contributed by atoms with van der Waals surface area (Å²) >= 11 is 1.34. The van der Waals surface area contributed by atoms with Gasteiger partial charge in [0, 0.05) is 17.0 Å². The molecule has 146 valence electrons. The molecule has 1 aromatic carbocycles. The fraction of sp³-hybridized carbons (Fsp3) is 0.381. The number of hydrogen-bond donors (Lipinski definition) is 1. The highest BCUT2D eigenvalue weighted by atomic mass is 32.1. The lowest BCUT2D eigenvalue weighted by atomic mass is 9.87. The molecule has 0 bridgehead atoms. The van der Waals surface area contributed by atoms with Crippen molar-refractivity contribution in [3.8, 4) is 6.07 Å². The molecule has 0 fully saturated rings. The first-order valence-electron chi connectivity index (χ1n) is 9.04. The second-order valence-corrected chi connectivity index (χ2v) is 8.85. The van der Waals surface area contributed by atoms with Gasteiger partial charge >= 0.3 is 6.09 Å². The number of nitrogens with zero attached hydrogens (tertiary/aromatic N) is 2. The Labute approximate surface area is 168 Å². The smallest absolute Gasteiger partial charge is 0.409 e. The van der Waals surface area contributed by atoms with Gasteiger partial charge in [-0.2, -0.15) is 5.26 Å². The molecule has 2 aromatic rings. The van der Waals surface area contributed by atoms with Gasteiger partial charge in [-0.15, -0.1) is 11.3 Å². The lowest BCUT2D eigenvalue weighted by molar-refractivity contribution is 0.102. The van der Waals surface area contributed by atoms with E-state index in [4.69, 9.17) is 4.74 Å². The zero-order chi connectivity index (χ0) is 20.5. The van der Waals surface area contributed by atoms with E-state index in [0.29, 0.717) is 35.6 Å². The maximum Gasteiger partial charge on any atom is 0.409 e. The van der Waals surface area contributed by atoms with Gasteiger partial charge < -0.3 is 15.0 Å². The zero-order valence-corrected chi connectivity index (χ0v) is 17.3. The van der Waals surface area contributed by atoms with Gasteiger partial charge in [0.2, 0.25) is 0 Å². The maximum absolute atomic E-state index is 12.7. The molecule has 28 heavy (non-hydrogen) atoms. The zero-order valence-electron chi connectivity index (χ0n) is 16.5. The highest BCUT2D eigenvalue weighted by molar-refractivity contribution is 7.16. The minimum atomic E-state index is -0.387. The van der Waals surface area contributed by atoms with Gasteiger partial charge in [-0.05, 0) is 35.1 Å². The lowest BCUT2D eigenvalue weighted by Gasteiger charge is -2.25. The van der Waals surface area contributed by atoms with E-state index in [1.165, 1.54) is 18.4 Å². The van der Waals surface area contributed by atoms with Gasteiger partial charge in [0.05, 0.1) is 19.2 Å². The molecule has 0 atom stereocenters. The molecule has 2 heterocycles. The average Bonchev–Trinajstić information content (AvgIpc) is 3.02. The average molecular weight is 398 g/mol. The number of carbonyl (C=O) groups is 2. The number of rotatable bonds is 2. The number of thiophene rings is 1. The van der Waals surface area contributed by atoms with Crippen LogP contribution < -0.4 is 5.32 Å². The van der Waals surface area contributed by atoms with E-state index < -0.39 is 0 Å². The number of nitrogens with one attached hydrogen (secondary N) is 1. The molecule has 3 rings (SSSR count). The van der Waals surface area contributed by atoms with E-state index in [2.05, 4.69) is 32.2 Å². The first-order chi connectivity index (χ1) is 13.2. The van der Waals surface area contributed by atoms with E-state index >= 15 is 0 Å². The molecule has 0 saturated heterocycles. The van der Waals surface area contributed by atoms with Crippen LogP contribution in [0.1, 0.15) is 52.7 Å². The van der Waals surface area contributed by atoms with Crippen molar-refractivity contribution in [3.05, 3.63) is 51.4 Å². The number of nitriles is 1. The van der Waals surface area contributed by atoms with Crippen molar-refractivity contribution in [2.45, 2.75) is 39.2 Å². The molecule has 6 nitrogen and oxygen atoms in total. The van der Waals surface area contributed by atoms with Crippen molar-refractivity contribution in [3.63, 3.8) is 0 Å². The molecular formula is C21H23N3O3S. The summed E-state index contributed by atoms with van der Waals surface area (Å²) < 4.78 is 4.78. The molecule has 2 amide bonds. The highest BCUT2D eigenvalue weighted by Gasteiger charge is 2.28. The van der Waals surface area contributed by atoms with E-state index in [0.717, 1.165) is 16.0 Å². The van der Waals surface area contributed by atoms with Gasteiger partial charge in [0.1, 0.15) is 11.1 Å². The summed E-state index contributed by atoms with van der Waals surface area (Å²) in [5, 5.41) is 13.0. The number of amides is 2. The summed E-state index contributed by atoms with van der Waals surface area (Å²) in [6, 6.07) is 9.71. The van der Waals surface area contributed by atoms with E-state index in [1.54, 1.807) is 17.0 Å². The molecule has 1 aliphatic rings. The van der Waals surface area contributed by atoms with Gasteiger partial charge in [0.25, 0.3) is 5.91 Å². The number of benzene rings is 1. The summed E-state index contributed by atoms with van der Waals surface area (Å²) in [5.74, 6) is -0.250. The normalized spacial score (nSPS) is 13.5. The van der Waals surface area contributed by atoms with Crippen LogP contribution in [0.25, 0.3) is 0 Å². The lowest BCUT2D eigenvalue weighted by Crippen LogP contribution is -2.35. The fourth-order valence-electron chi connectivity index (χ4n) is 3.19. The van der Waals surface area contributed by atoms with Crippen molar-refractivity contribution in [1.29, 1.82) is 5.26 Å². The molecule has 1 aliphatic heterocycles. The summed E-state index contributed by atoms with van der Waals surface area (Å²) in [5.41, 5.74) is 3.10. The van der Waals surface area contributed by atoms with Gasteiger partial charge in [-0.1, -0.05) is 32.9 Å². The Bertz CT molecular complexity index is 949. The van der Waals surface area contributed by atoms with Crippen LogP contribution in [-0.4, -0.2) is 30.6 Å². The highest BCUT2D eigenvalue weighted by Crippen LogP contribution is 2.37. The summed E-state index contributed by atoms with van der Waals surface area (Å²) in [6.07, 6.45) is 0.182. The third-order valence-electron chi connectivity index (χ3n) is 4.84. The monoisotopic (exact) mass is 397 g/mol. The van der Waals surface area contributed by atoms with Crippen molar-refractivity contribution in [1.82, 2.24) is 4.90 Å². The van der Waals surface area contributed by atoms with Crippen LogP contribution in [-0.2, 0) is 23.1 Å². The summed E-state index contributed by atoms with van der Waals surface area (Å²) in [7, 11) is 1.35. The van der Waals surface area contributed by atoms with Crippen LogP contribution in [0, 0.1) is 11.3 Å².